The number of hydrogen-bond acceptors (Lipinski definition) is 5. The van der Waals surface area contributed by atoms with Crippen molar-refractivity contribution in [3.63, 3.8) is 0 Å². The van der Waals surface area contributed by atoms with Crippen LogP contribution in [0.15, 0.2) is 28.7 Å². The fourth-order valence-corrected chi connectivity index (χ4v) is 2.59. The highest BCUT2D eigenvalue weighted by molar-refractivity contribution is 5.69. The standard InChI is InChI=1S/C18H20N4O/c1-9-11(3)15(19)7-5-13(9)17-21-22-18(23-17)14-6-8-16(20)12(4)10(14)2/h5-8H,19-20H2,1-4H3. The molecule has 2 aromatic carbocycles. The van der Waals surface area contributed by atoms with Crippen LogP contribution in [0.2, 0.25) is 0 Å². The fraction of sp³-hybridized carbons (Fsp3) is 0.222. The second-order valence-corrected chi connectivity index (χ2v) is 5.82. The summed E-state index contributed by atoms with van der Waals surface area (Å²) in [4.78, 5) is 0. The van der Waals surface area contributed by atoms with Crippen LogP contribution in [0.4, 0.5) is 11.4 Å². The number of nitrogens with two attached hydrogens (primary N) is 2. The van der Waals surface area contributed by atoms with Gasteiger partial charge in [-0.1, -0.05) is 0 Å². The van der Waals surface area contributed by atoms with Gasteiger partial charge in [-0.05, 0) is 74.2 Å². The smallest absolute Gasteiger partial charge is 0.248 e. The molecule has 0 saturated heterocycles. The molecule has 4 N–H and O–H groups in total. The summed E-state index contributed by atoms with van der Waals surface area (Å²) < 4.78 is 5.90. The van der Waals surface area contributed by atoms with Crippen molar-refractivity contribution in [3.8, 4) is 22.9 Å². The second-order valence-electron chi connectivity index (χ2n) is 5.82. The van der Waals surface area contributed by atoms with E-state index in [1.807, 2.05) is 52.0 Å². The van der Waals surface area contributed by atoms with E-state index in [0.717, 1.165) is 44.8 Å². The van der Waals surface area contributed by atoms with Gasteiger partial charge in [-0.15, -0.1) is 10.2 Å². The molecule has 0 amide bonds. The Hall–Kier alpha value is -2.82. The largest absolute Gasteiger partial charge is 0.416 e. The summed E-state index contributed by atoms with van der Waals surface area (Å²) in [6, 6.07) is 7.55. The molecule has 3 rings (SSSR count). The first-order chi connectivity index (χ1) is 10.9. The Morgan fingerprint density at radius 2 is 1.04 bits per heavy atom. The average Bonchev–Trinajstić information content (AvgIpc) is 3.00. The number of nitrogens with zero attached hydrogens (tertiary/aromatic N) is 2. The molecule has 1 heterocycles. The van der Waals surface area contributed by atoms with Crippen LogP contribution >= 0.6 is 0 Å². The maximum Gasteiger partial charge on any atom is 0.248 e. The molecule has 0 bridgehead atoms. The molecule has 5 heteroatoms. The summed E-state index contributed by atoms with van der Waals surface area (Å²) >= 11 is 0. The lowest BCUT2D eigenvalue weighted by molar-refractivity contribution is 0.583. The average molecular weight is 308 g/mol. The lowest BCUT2D eigenvalue weighted by Gasteiger charge is -2.08. The van der Waals surface area contributed by atoms with Gasteiger partial charge in [0.15, 0.2) is 0 Å². The number of rotatable bonds is 2. The molecule has 0 spiro atoms. The SMILES string of the molecule is Cc1c(N)ccc(-c2nnc(-c3ccc(N)c(C)c3C)o2)c1C. The van der Waals surface area contributed by atoms with E-state index >= 15 is 0 Å². The Morgan fingerprint density at radius 3 is 1.43 bits per heavy atom. The molecule has 5 nitrogen and oxygen atoms in total. The summed E-state index contributed by atoms with van der Waals surface area (Å²) in [5, 5.41) is 8.40. The predicted octanol–water partition coefficient (Wildman–Crippen LogP) is 3.80. The molecular weight excluding hydrogens is 288 g/mol. The Kier molecular flexibility index (Phi) is 3.56. The lowest BCUT2D eigenvalue weighted by Crippen LogP contribution is -1.94. The Bertz CT molecular complexity index is 824. The van der Waals surface area contributed by atoms with Crippen LogP contribution in [-0.2, 0) is 0 Å². The van der Waals surface area contributed by atoms with Gasteiger partial charge in [0.1, 0.15) is 0 Å². The molecule has 0 fully saturated rings. The molecule has 0 radical (unpaired) electrons. The van der Waals surface area contributed by atoms with Gasteiger partial charge in [0, 0.05) is 22.5 Å². The van der Waals surface area contributed by atoms with Crippen molar-refractivity contribution in [2.45, 2.75) is 27.7 Å². The normalized spacial score (nSPS) is 11.0. The highest BCUT2D eigenvalue weighted by Gasteiger charge is 2.16. The first-order valence-electron chi connectivity index (χ1n) is 7.45. The van der Waals surface area contributed by atoms with Crippen molar-refractivity contribution < 1.29 is 4.42 Å². The van der Waals surface area contributed by atoms with Crippen LogP contribution in [0.5, 0.6) is 0 Å². The number of nitrogen functional groups attached to an aromatic ring is 2. The second kappa shape index (κ2) is 5.43. The highest BCUT2D eigenvalue weighted by Crippen LogP contribution is 2.32. The van der Waals surface area contributed by atoms with E-state index < -0.39 is 0 Å². The molecule has 0 atom stereocenters. The van der Waals surface area contributed by atoms with Gasteiger partial charge in [-0.25, -0.2) is 0 Å². The molecule has 3 aromatic rings. The van der Waals surface area contributed by atoms with E-state index in [-0.39, 0.29) is 0 Å². The van der Waals surface area contributed by atoms with Crippen molar-refractivity contribution in [2.24, 2.45) is 0 Å². The van der Waals surface area contributed by atoms with E-state index in [1.54, 1.807) is 0 Å². The van der Waals surface area contributed by atoms with Gasteiger partial charge in [0.05, 0.1) is 0 Å². The third-order valence-electron chi connectivity index (χ3n) is 4.54. The molecule has 0 aliphatic heterocycles. The molecule has 0 aliphatic carbocycles. The van der Waals surface area contributed by atoms with Crippen LogP contribution in [0.25, 0.3) is 22.9 Å². The minimum absolute atomic E-state index is 0.495. The molecular formula is C18H20N4O. The molecule has 0 saturated carbocycles. The molecule has 1 aromatic heterocycles. The van der Waals surface area contributed by atoms with Crippen molar-refractivity contribution in [2.75, 3.05) is 11.5 Å². The quantitative estimate of drug-likeness (QED) is 0.703. The van der Waals surface area contributed by atoms with E-state index in [9.17, 15) is 0 Å². The third-order valence-corrected chi connectivity index (χ3v) is 4.54. The third kappa shape index (κ3) is 2.44. The van der Waals surface area contributed by atoms with Crippen molar-refractivity contribution >= 4 is 11.4 Å². The van der Waals surface area contributed by atoms with Gasteiger partial charge in [-0.3, -0.25) is 0 Å². The first-order valence-corrected chi connectivity index (χ1v) is 7.45. The van der Waals surface area contributed by atoms with Crippen LogP contribution in [0.1, 0.15) is 22.3 Å². The number of hydrogen-bond donors (Lipinski definition) is 2. The minimum atomic E-state index is 0.495. The molecule has 23 heavy (non-hydrogen) atoms. The van der Waals surface area contributed by atoms with Crippen LogP contribution < -0.4 is 11.5 Å². The van der Waals surface area contributed by atoms with Crippen LogP contribution in [0, 0.1) is 27.7 Å². The fourth-order valence-electron chi connectivity index (χ4n) is 2.59. The lowest BCUT2D eigenvalue weighted by atomic mass is 10.0. The summed E-state index contributed by atoms with van der Waals surface area (Å²) in [6.07, 6.45) is 0. The summed E-state index contributed by atoms with van der Waals surface area (Å²) in [5.41, 5.74) is 19.4. The maximum atomic E-state index is 5.94. The highest BCUT2D eigenvalue weighted by atomic mass is 16.4. The summed E-state index contributed by atoms with van der Waals surface area (Å²) in [7, 11) is 0. The Labute approximate surface area is 135 Å². The van der Waals surface area contributed by atoms with Gasteiger partial charge in [-0.2, -0.15) is 0 Å². The number of anilines is 2. The van der Waals surface area contributed by atoms with E-state index in [2.05, 4.69) is 10.2 Å². The maximum absolute atomic E-state index is 5.94. The predicted molar refractivity (Wildman–Crippen MR) is 92.9 cm³/mol. The number of benzene rings is 2. The zero-order valence-corrected chi connectivity index (χ0v) is 13.8. The first kappa shape index (κ1) is 15.1. The van der Waals surface area contributed by atoms with E-state index in [0.29, 0.717) is 11.8 Å². The Morgan fingerprint density at radius 1 is 0.652 bits per heavy atom. The van der Waals surface area contributed by atoms with Gasteiger partial charge in [0.25, 0.3) is 0 Å². The minimum Gasteiger partial charge on any atom is -0.416 e. The monoisotopic (exact) mass is 308 g/mol. The number of aromatic nitrogens is 2. The van der Waals surface area contributed by atoms with Gasteiger partial charge in [0.2, 0.25) is 11.8 Å². The van der Waals surface area contributed by atoms with Crippen molar-refractivity contribution in [1.29, 1.82) is 0 Å². The topological polar surface area (TPSA) is 91.0 Å². The molecule has 118 valence electrons. The van der Waals surface area contributed by atoms with Gasteiger partial charge < -0.3 is 15.9 Å². The van der Waals surface area contributed by atoms with E-state index in [4.69, 9.17) is 15.9 Å². The van der Waals surface area contributed by atoms with Crippen LogP contribution in [0.3, 0.4) is 0 Å². The van der Waals surface area contributed by atoms with Crippen molar-refractivity contribution in [1.82, 2.24) is 10.2 Å². The zero-order valence-electron chi connectivity index (χ0n) is 13.8. The van der Waals surface area contributed by atoms with E-state index in [1.165, 1.54) is 0 Å². The molecule has 0 unspecified atom stereocenters. The summed E-state index contributed by atoms with van der Waals surface area (Å²) in [6.45, 7) is 7.98. The van der Waals surface area contributed by atoms with Gasteiger partial charge >= 0.3 is 0 Å². The Balaban J connectivity index is 2.09. The van der Waals surface area contributed by atoms with Crippen molar-refractivity contribution in [3.05, 3.63) is 46.5 Å². The molecule has 0 aliphatic rings. The van der Waals surface area contributed by atoms with Crippen LogP contribution in [-0.4, -0.2) is 10.2 Å². The zero-order chi connectivity index (χ0) is 16.7. The summed E-state index contributed by atoms with van der Waals surface area (Å²) in [5.74, 6) is 0.990.